The number of hydrogen-bond donors (Lipinski definition) is 2. The van der Waals surface area contributed by atoms with Gasteiger partial charge in [0.25, 0.3) is 0 Å². The summed E-state index contributed by atoms with van der Waals surface area (Å²) in [7, 11) is 0. The Kier molecular flexibility index (Phi) is 6.02. The van der Waals surface area contributed by atoms with Gasteiger partial charge in [-0.1, -0.05) is 6.92 Å². The van der Waals surface area contributed by atoms with Crippen molar-refractivity contribution in [2.45, 2.75) is 65.1 Å². The smallest absolute Gasteiger partial charge is 0.241 e. The van der Waals surface area contributed by atoms with Crippen LogP contribution in [0.25, 0.3) is 0 Å². The molecule has 1 fully saturated rings. The fourth-order valence-electron chi connectivity index (χ4n) is 2.96. The van der Waals surface area contributed by atoms with E-state index in [0.717, 1.165) is 37.1 Å². The van der Waals surface area contributed by atoms with Gasteiger partial charge in [-0.2, -0.15) is 5.10 Å². The topological polar surface area (TPSA) is 72.9 Å². The van der Waals surface area contributed by atoms with Crippen molar-refractivity contribution < 1.29 is 4.79 Å². The van der Waals surface area contributed by atoms with Crippen molar-refractivity contribution in [1.29, 1.82) is 0 Å². The maximum atomic E-state index is 12.0. The number of aromatic nitrogens is 2. The average molecular weight is 301 g/mol. The standard InChI is InChI=1S/C14H24N4O.ClH/c1-4-13-9(2)17-18(10(13)3)8-14(19)16-12-6-5-11(15)7-12;/h11-12H,4-8,15H2,1-3H3,(H,16,19);1H/t11-,12-;/m1./s1. The Hall–Kier alpha value is -1.07. The highest BCUT2D eigenvalue weighted by molar-refractivity contribution is 5.85. The van der Waals surface area contributed by atoms with Crippen LogP contribution in [0.2, 0.25) is 0 Å². The van der Waals surface area contributed by atoms with E-state index in [1.165, 1.54) is 5.56 Å². The number of hydrogen-bond acceptors (Lipinski definition) is 3. The van der Waals surface area contributed by atoms with E-state index in [-0.39, 0.29) is 30.4 Å². The number of amides is 1. The summed E-state index contributed by atoms with van der Waals surface area (Å²) in [6, 6.07) is 0.482. The quantitative estimate of drug-likeness (QED) is 0.884. The van der Waals surface area contributed by atoms with Crippen molar-refractivity contribution >= 4 is 18.3 Å². The molecule has 2 rings (SSSR count). The number of carbonyl (C=O) groups excluding carboxylic acids is 1. The molecule has 2 atom stereocenters. The lowest BCUT2D eigenvalue weighted by Gasteiger charge is -2.13. The number of rotatable bonds is 4. The van der Waals surface area contributed by atoms with Gasteiger partial charge in [0.05, 0.1) is 5.69 Å². The molecule has 1 heterocycles. The molecule has 20 heavy (non-hydrogen) atoms. The second kappa shape index (κ2) is 7.09. The van der Waals surface area contributed by atoms with Crippen LogP contribution in [0.1, 0.15) is 43.1 Å². The molecule has 0 spiro atoms. The highest BCUT2D eigenvalue weighted by Crippen LogP contribution is 2.17. The Labute approximate surface area is 126 Å². The monoisotopic (exact) mass is 300 g/mol. The summed E-state index contributed by atoms with van der Waals surface area (Å²) in [5.41, 5.74) is 9.22. The fraction of sp³-hybridized carbons (Fsp3) is 0.714. The molecule has 1 aliphatic rings. The second-order valence-electron chi connectivity index (χ2n) is 5.50. The van der Waals surface area contributed by atoms with Gasteiger partial charge in [0, 0.05) is 17.8 Å². The van der Waals surface area contributed by atoms with Gasteiger partial charge in [0.15, 0.2) is 0 Å². The van der Waals surface area contributed by atoms with E-state index in [9.17, 15) is 4.79 Å². The van der Waals surface area contributed by atoms with Crippen LogP contribution in [0, 0.1) is 13.8 Å². The zero-order valence-corrected chi connectivity index (χ0v) is 13.3. The molecule has 1 aliphatic carbocycles. The summed E-state index contributed by atoms with van der Waals surface area (Å²) in [6.45, 7) is 6.44. The van der Waals surface area contributed by atoms with E-state index in [4.69, 9.17) is 5.73 Å². The van der Waals surface area contributed by atoms with Crippen molar-refractivity contribution in [2.75, 3.05) is 0 Å². The molecular formula is C14H25ClN4O. The molecule has 0 radical (unpaired) electrons. The second-order valence-corrected chi connectivity index (χ2v) is 5.50. The number of nitrogens with zero attached hydrogens (tertiary/aromatic N) is 2. The zero-order valence-electron chi connectivity index (χ0n) is 12.5. The molecule has 3 N–H and O–H groups in total. The summed E-state index contributed by atoms with van der Waals surface area (Å²) in [4.78, 5) is 12.0. The van der Waals surface area contributed by atoms with Crippen LogP contribution in [0.15, 0.2) is 0 Å². The van der Waals surface area contributed by atoms with Gasteiger partial charge in [0.1, 0.15) is 6.54 Å². The molecule has 5 nitrogen and oxygen atoms in total. The van der Waals surface area contributed by atoms with Crippen LogP contribution >= 0.6 is 12.4 Å². The largest absolute Gasteiger partial charge is 0.352 e. The lowest BCUT2D eigenvalue weighted by atomic mass is 10.1. The first-order valence-corrected chi connectivity index (χ1v) is 7.09. The summed E-state index contributed by atoms with van der Waals surface area (Å²) in [5.74, 6) is 0.0346. The Morgan fingerprint density at radius 1 is 1.45 bits per heavy atom. The molecule has 0 aromatic carbocycles. The van der Waals surface area contributed by atoms with Crippen LogP contribution in [0.4, 0.5) is 0 Å². The first kappa shape index (κ1) is 17.0. The minimum absolute atomic E-state index is 0. The van der Waals surface area contributed by atoms with E-state index in [0.29, 0.717) is 6.54 Å². The number of nitrogens with one attached hydrogen (secondary N) is 1. The van der Waals surface area contributed by atoms with Crippen LogP contribution in [0.5, 0.6) is 0 Å². The zero-order chi connectivity index (χ0) is 14.0. The van der Waals surface area contributed by atoms with Crippen molar-refractivity contribution in [1.82, 2.24) is 15.1 Å². The Morgan fingerprint density at radius 3 is 2.65 bits per heavy atom. The fourth-order valence-corrected chi connectivity index (χ4v) is 2.96. The lowest BCUT2D eigenvalue weighted by Crippen LogP contribution is -2.36. The summed E-state index contributed by atoms with van der Waals surface area (Å²) >= 11 is 0. The van der Waals surface area contributed by atoms with Crippen molar-refractivity contribution in [3.05, 3.63) is 17.0 Å². The predicted octanol–water partition coefficient (Wildman–Crippen LogP) is 1.48. The average Bonchev–Trinajstić information content (AvgIpc) is 2.84. The number of aryl methyl sites for hydroxylation is 1. The SMILES string of the molecule is CCc1c(C)nn(CC(=O)N[C@@H]2CC[C@@H](N)C2)c1C.Cl. The van der Waals surface area contributed by atoms with Gasteiger partial charge in [-0.15, -0.1) is 12.4 Å². The minimum Gasteiger partial charge on any atom is -0.352 e. The highest BCUT2D eigenvalue weighted by Gasteiger charge is 2.23. The third-order valence-corrected chi connectivity index (χ3v) is 4.02. The van der Waals surface area contributed by atoms with E-state index in [1.54, 1.807) is 4.68 Å². The van der Waals surface area contributed by atoms with Crippen LogP contribution in [-0.2, 0) is 17.8 Å². The summed E-state index contributed by atoms with van der Waals surface area (Å²) in [5, 5.41) is 7.49. The molecule has 0 bridgehead atoms. The predicted molar refractivity (Wildman–Crippen MR) is 82.1 cm³/mol. The molecule has 1 aromatic heterocycles. The van der Waals surface area contributed by atoms with Gasteiger partial charge in [-0.3, -0.25) is 9.48 Å². The molecule has 0 saturated heterocycles. The Balaban J connectivity index is 0.00000200. The van der Waals surface area contributed by atoms with E-state index in [1.807, 2.05) is 13.8 Å². The van der Waals surface area contributed by atoms with E-state index < -0.39 is 0 Å². The maximum absolute atomic E-state index is 12.0. The van der Waals surface area contributed by atoms with E-state index >= 15 is 0 Å². The molecule has 1 amide bonds. The molecule has 0 aliphatic heterocycles. The molecule has 6 heteroatoms. The van der Waals surface area contributed by atoms with Gasteiger partial charge in [-0.25, -0.2) is 0 Å². The van der Waals surface area contributed by atoms with E-state index in [2.05, 4.69) is 17.3 Å². The molecule has 1 aromatic rings. The Morgan fingerprint density at radius 2 is 2.15 bits per heavy atom. The van der Waals surface area contributed by atoms with Gasteiger partial charge in [0.2, 0.25) is 5.91 Å². The third kappa shape index (κ3) is 3.73. The summed E-state index contributed by atoms with van der Waals surface area (Å²) in [6.07, 6.45) is 3.84. The Bertz CT molecular complexity index is 472. The molecular weight excluding hydrogens is 276 g/mol. The summed E-state index contributed by atoms with van der Waals surface area (Å²) < 4.78 is 1.80. The normalized spacial score (nSPS) is 21.6. The van der Waals surface area contributed by atoms with Crippen molar-refractivity contribution in [3.63, 3.8) is 0 Å². The first-order chi connectivity index (χ1) is 9.01. The highest BCUT2D eigenvalue weighted by atomic mass is 35.5. The number of carbonyl (C=O) groups is 1. The van der Waals surface area contributed by atoms with Gasteiger partial charge in [-0.05, 0) is 45.1 Å². The third-order valence-electron chi connectivity index (χ3n) is 4.02. The lowest BCUT2D eigenvalue weighted by molar-refractivity contribution is -0.122. The molecule has 1 saturated carbocycles. The maximum Gasteiger partial charge on any atom is 0.241 e. The van der Waals surface area contributed by atoms with Gasteiger partial charge >= 0.3 is 0 Å². The number of halogens is 1. The van der Waals surface area contributed by atoms with Crippen LogP contribution < -0.4 is 11.1 Å². The number of nitrogens with two attached hydrogens (primary N) is 1. The molecule has 114 valence electrons. The van der Waals surface area contributed by atoms with Crippen LogP contribution in [-0.4, -0.2) is 27.8 Å². The van der Waals surface area contributed by atoms with Crippen molar-refractivity contribution in [2.24, 2.45) is 5.73 Å². The molecule has 0 unspecified atom stereocenters. The van der Waals surface area contributed by atoms with Crippen molar-refractivity contribution in [3.8, 4) is 0 Å². The van der Waals surface area contributed by atoms with Gasteiger partial charge < -0.3 is 11.1 Å². The van der Waals surface area contributed by atoms with Crippen LogP contribution in [0.3, 0.4) is 0 Å². The minimum atomic E-state index is 0. The first-order valence-electron chi connectivity index (χ1n) is 7.09.